The maximum Gasteiger partial charge on any atom is 0.136 e. The number of aryl methyl sites for hydroxylation is 1. The third-order valence-electron chi connectivity index (χ3n) is 2.74. The van der Waals surface area contributed by atoms with E-state index in [-0.39, 0.29) is 6.04 Å². The second kappa shape index (κ2) is 3.66. The Morgan fingerprint density at radius 3 is 2.73 bits per heavy atom. The largest absolute Gasteiger partial charge is 0.322 e. The van der Waals surface area contributed by atoms with Gasteiger partial charge in [0.25, 0.3) is 0 Å². The molecular weight excluding hydrogens is 186 g/mol. The Hall–Kier alpha value is -1.35. The predicted octanol–water partition coefficient (Wildman–Crippen LogP) is 2.30. The van der Waals surface area contributed by atoms with Crippen molar-refractivity contribution in [2.45, 2.75) is 26.8 Å². The van der Waals surface area contributed by atoms with Gasteiger partial charge in [-0.3, -0.25) is 0 Å². The fourth-order valence-corrected chi connectivity index (χ4v) is 1.69. The van der Waals surface area contributed by atoms with E-state index in [1.807, 2.05) is 12.3 Å². The zero-order valence-corrected chi connectivity index (χ0v) is 9.44. The molecule has 0 radical (unpaired) electrons. The molecule has 0 aliphatic rings. The maximum absolute atomic E-state index is 6.14. The summed E-state index contributed by atoms with van der Waals surface area (Å²) in [4.78, 5) is 4.35. The van der Waals surface area contributed by atoms with Crippen LogP contribution in [-0.4, -0.2) is 9.38 Å². The van der Waals surface area contributed by atoms with Crippen LogP contribution in [0.1, 0.15) is 31.1 Å². The molecule has 0 saturated heterocycles. The zero-order valence-electron chi connectivity index (χ0n) is 9.44. The minimum Gasteiger partial charge on any atom is -0.322 e. The number of rotatable bonds is 2. The molecule has 2 aromatic rings. The maximum atomic E-state index is 6.14. The van der Waals surface area contributed by atoms with Gasteiger partial charge in [0.15, 0.2) is 0 Å². The molecule has 2 heterocycles. The molecular formula is C12H17N3. The number of aromatic nitrogens is 2. The van der Waals surface area contributed by atoms with Gasteiger partial charge in [-0.15, -0.1) is 0 Å². The molecule has 3 heteroatoms. The van der Waals surface area contributed by atoms with E-state index >= 15 is 0 Å². The van der Waals surface area contributed by atoms with Gasteiger partial charge in [-0.25, -0.2) is 4.98 Å². The van der Waals surface area contributed by atoms with E-state index in [4.69, 9.17) is 5.73 Å². The number of fused-ring (bicyclic) bond motifs is 1. The fourth-order valence-electron chi connectivity index (χ4n) is 1.69. The van der Waals surface area contributed by atoms with Crippen LogP contribution >= 0.6 is 0 Å². The van der Waals surface area contributed by atoms with Crippen molar-refractivity contribution < 1.29 is 0 Å². The lowest BCUT2D eigenvalue weighted by Gasteiger charge is -2.15. The van der Waals surface area contributed by atoms with E-state index in [2.05, 4.69) is 42.4 Å². The molecule has 0 aromatic carbocycles. The number of imidazole rings is 1. The Balaban J connectivity index is 2.56. The van der Waals surface area contributed by atoms with Crippen LogP contribution in [0, 0.1) is 12.8 Å². The van der Waals surface area contributed by atoms with Gasteiger partial charge in [-0.05, 0) is 24.5 Å². The Morgan fingerprint density at radius 2 is 2.07 bits per heavy atom. The van der Waals surface area contributed by atoms with Crippen LogP contribution in [0.3, 0.4) is 0 Å². The molecule has 15 heavy (non-hydrogen) atoms. The van der Waals surface area contributed by atoms with E-state index in [1.54, 1.807) is 0 Å². The van der Waals surface area contributed by atoms with E-state index in [1.165, 1.54) is 5.56 Å². The summed E-state index contributed by atoms with van der Waals surface area (Å²) in [5, 5.41) is 0. The molecule has 0 bridgehead atoms. The second-order valence-electron chi connectivity index (χ2n) is 4.39. The van der Waals surface area contributed by atoms with Crippen molar-refractivity contribution in [1.29, 1.82) is 0 Å². The third kappa shape index (κ3) is 1.75. The standard InChI is InChI=1S/C12H17N3/c1-8(2)12(13)10-6-14-11-5-4-9(3)7-15(10)11/h4-8,12H,13H2,1-3H3. The van der Waals surface area contributed by atoms with Crippen molar-refractivity contribution >= 4 is 5.65 Å². The number of pyridine rings is 1. The van der Waals surface area contributed by atoms with Crippen LogP contribution in [0.25, 0.3) is 5.65 Å². The lowest BCUT2D eigenvalue weighted by Crippen LogP contribution is -2.18. The molecule has 80 valence electrons. The van der Waals surface area contributed by atoms with Crippen molar-refractivity contribution in [2.24, 2.45) is 11.7 Å². The van der Waals surface area contributed by atoms with Gasteiger partial charge >= 0.3 is 0 Å². The molecule has 2 N–H and O–H groups in total. The van der Waals surface area contributed by atoms with Crippen LogP contribution in [0.2, 0.25) is 0 Å². The monoisotopic (exact) mass is 203 g/mol. The molecule has 3 nitrogen and oxygen atoms in total. The van der Waals surface area contributed by atoms with Crippen LogP contribution < -0.4 is 5.73 Å². The molecule has 0 aliphatic carbocycles. The average Bonchev–Trinajstić information content (AvgIpc) is 2.59. The first-order valence-corrected chi connectivity index (χ1v) is 5.29. The Kier molecular flexibility index (Phi) is 2.49. The molecule has 0 saturated carbocycles. The molecule has 2 aromatic heterocycles. The normalized spacial score (nSPS) is 13.7. The molecule has 0 amide bonds. The molecule has 1 atom stereocenters. The summed E-state index contributed by atoms with van der Waals surface area (Å²) in [6.07, 6.45) is 3.96. The molecule has 0 fully saturated rings. The minimum absolute atomic E-state index is 0.0433. The van der Waals surface area contributed by atoms with Crippen molar-refractivity contribution in [1.82, 2.24) is 9.38 Å². The summed E-state index contributed by atoms with van der Waals surface area (Å²) in [5.74, 6) is 0.422. The van der Waals surface area contributed by atoms with E-state index in [0.717, 1.165) is 11.3 Å². The van der Waals surface area contributed by atoms with E-state index in [0.29, 0.717) is 5.92 Å². The van der Waals surface area contributed by atoms with Crippen molar-refractivity contribution in [3.8, 4) is 0 Å². The Morgan fingerprint density at radius 1 is 1.33 bits per heavy atom. The Labute approximate surface area is 89.9 Å². The quantitative estimate of drug-likeness (QED) is 0.813. The van der Waals surface area contributed by atoms with Crippen molar-refractivity contribution in [3.63, 3.8) is 0 Å². The van der Waals surface area contributed by atoms with Gasteiger partial charge in [0, 0.05) is 12.2 Å². The predicted molar refractivity (Wildman–Crippen MR) is 61.7 cm³/mol. The first-order chi connectivity index (χ1) is 7.09. The zero-order chi connectivity index (χ0) is 11.0. The number of nitrogens with two attached hydrogens (primary N) is 1. The summed E-state index contributed by atoms with van der Waals surface area (Å²) in [6.45, 7) is 6.32. The summed E-state index contributed by atoms with van der Waals surface area (Å²) < 4.78 is 2.08. The number of nitrogens with zero attached hydrogens (tertiary/aromatic N) is 2. The van der Waals surface area contributed by atoms with Crippen LogP contribution in [-0.2, 0) is 0 Å². The van der Waals surface area contributed by atoms with Crippen molar-refractivity contribution in [3.05, 3.63) is 35.8 Å². The molecule has 0 aliphatic heterocycles. The summed E-state index contributed by atoms with van der Waals surface area (Å²) >= 11 is 0. The Bertz CT molecular complexity index is 471. The third-order valence-corrected chi connectivity index (χ3v) is 2.74. The highest BCUT2D eigenvalue weighted by Crippen LogP contribution is 2.20. The first kappa shape index (κ1) is 10.2. The minimum atomic E-state index is 0.0433. The van der Waals surface area contributed by atoms with Gasteiger partial charge < -0.3 is 10.1 Å². The molecule has 2 rings (SSSR count). The lowest BCUT2D eigenvalue weighted by molar-refractivity contribution is 0.500. The fraction of sp³-hybridized carbons (Fsp3) is 0.417. The lowest BCUT2D eigenvalue weighted by atomic mass is 10.0. The number of hydrogen-bond donors (Lipinski definition) is 1. The van der Waals surface area contributed by atoms with E-state index in [9.17, 15) is 0 Å². The highest BCUT2D eigenvalue weighted by atomic mass is 15.0. The van der Waals surface area contributed by atoms with Crippen molar-refractivity contribution in [2.75, 3.05) is 0 Å². The van der Waals surface area contributed by atoms with Crippen LogP contribution in [0.4, 0.5) is 0 Å². The highest BCUT2D eigenvalue weighted by molar-refractivity contribution is 5.42. The molecule has 1 unspecified atom stereocenters. The summed E-state index contributed by atoms with van der Waals surface area (Å²) in [6, 6.07) is 4.13. The topological polar surface area (TPSA) is 43.3 Å². The van der Waals surface area contributed by atoms with Crippen LogP contribution in [0.5, 0.6) is 0 Å². The van der Waals surface area contributed by atoms with Gasteiger partial charge in [0.2, 0.25) is 0 Å². The van der Waals surface area contributed by atoms with Gasteiger partial charge in [-0.2, -0.15) is 0 Å². The smallest absolute Gasteiger partial charge is 0.136 e. The summed E-state index contributed by atoms with van der Waals surface area (Å²) in [5.41, 5.74) is 9.41. The van der Waals surface area contributed by atoms with Crippen LogP contribution in [0.15, 0.2) is 24.5 Å². The van der Waals surface area contributed by atoms with E-state index < -0.39 is 0 Å². The van der Waals surface area contributed by atoms with Gasteiger partial charge in [0.05, 0.1) is 11.9 Å². The number of hydrogen-bond acceptors (Lipinski definition) is 2. The summed E-state index contributed by atoms with van der Waals surface area (Å²) in [7, 11) is 0. The average molecular weight is 203 g/mol. The SMILES string of the molecule is Cc1ccc2ncc(C(N)C(C)C)n2c1. The second-order valence-corrected chi connectivity index (χ2v) is 4.39. The first-order valence-electron chi connectivity index (χ1n) is 5.29. The van der Waals surface area contributed by atoms with Gasteiger partial charge in [0.1, 0.15) is 5.65 Å². The van der Waals surface area contributed by atoms with Gasteiger partial charge in [-0.1, -0.05) is 19.9 Å². The molecule has 0 spiro atoms. The highest BCUT2D eigenvalue weighted by Gasteiger charge is 2.14.